The van der Waals surface area contributed by atoms with Crippen LogP contribution < -0.4 is 0 Å². The quantitative estimate of drug-likeness (QED) is 0.582. The summed E-state index contributed by atoms with van der Waals surface area (Å²) < 4.78 is 60.8. The number of fused-ring (bicyclic) bond motifs is 2. The molecule has 0 bridgehead atoms. The molecule has 3 saturated heterocycles. The lowest BCUT2D eigenvalue weighted by molar-refractivity contribution is -0.192. The highest BCUT2D eigenvalue weighted by atomic mass is 32.2. The number of carboxylic acids is 1. The van der Waals surface area contributed by atoms with Crippen LogP contribution in [0.5, 0.6) is 0 Å². The molecule has 2 atom stereocenters. The second-order valence-electron chi connectivity index (χ2n) is 9.57. The Morgan fingerprint density at radius 3 is 2.22 bits per heavy atom. The maximum absolute atomic E-state index is 13.2. The number of hydrogen-bond acceptors (Lipinski definition) is 6. The third kappa shape index (κ3) is 5.26. The number of halogens is 3. The Bertz CT molecular complexity index is 1150. The van der Waals surface area contributed by atoms with E-state index in [1.807, 2.05) is 11.8 Å². The standard InChI is InChI=1S/C19H30N6O4S.C2HF3O2/c1-5-25-17(26)14-10-23(18(27)21(2)3)11-15(14)19(25)6-8-24(9-7-19)30(28,29)16-12-22(4)13-20-16;3-2(4,5)1(6)7/h12-15H,5-11H2,1-4H3;(H,6,7)/t14-,15+;/m0./s1. The number of carbonyl (C=O) groups excluding carboxylic acids is 2. The van der Waals surface area contributed by atoms with Crippen LogP contribution in [0.2, 0.25) is 0 Å². The first-order valence-electron chi connectivity index (χ1n) is 11.6. The number of aliphatic carboxylic acids is 1. The van der Waals surface area contributed by atoms with Crippen molar-refractivity contribution in [2.24, 2.45) is 18.9 Å². The molecule has 3 aliphatic rings. The number of urea groups is 1. The van der Waals surface area contributed by atoms with Gasteiger partial charge in [-0.05, 0) is 19.8 Å². The van der Waals surface area contributed by atoms with E-state index in [0.717, 1.165) is 0 Å². The molecule has 0 radical (unpaired) electrons. The van der Waals surface area contributed by atoms with Gasteiger partial charge in [-0.25, -0.2) is 23.0 Å². The first-order valence-corrected chi connectivity index (χ1v) is 13.1. The number of amides is 3. The molecule has 0 unspecified atom stereocenters. The molecule has 37 heavy (non-hydrogen) atoms. The highest BCUT2D eigenvalue weighted by Gasteiger charge is 2.62. The SMILES string of the molecule is CCN1C(=O)[C@H]2CN(C(=O)N(C)C)C[C@H]2C12CCN(S(=O)(=O)c1cn(C)cn1)CC2.O=C(O)C(F)(F)F. The first-order chi connectivity index (χ1) is 17.1. The molecule has 0 aliphatic carbocycles. The molecule has 1 spiro atoms. The highest BCUT2D eigenvalue weighted by molar-refractivity contribution is 7.89. The fraction of sp³-hybridized carbons (Fsp3) is 0.714. The second-order valence-corrected chi connectivity index (χ2v) is 11.5. The maximum atomic E-state index is 13.2. The number of carboxylic acid groups (broad SMARTS) is 1. The highest BCUT2D eigenvalue weighted by Crippen LogP contribution is 2.50. The molecule has 208 valence electrons. The number of aryl methyl sites for hydroxylation is 1. The van der Waals surface area contributed by atoms with E-state index in [0.29, 0.717) is 45.6 Å². The lowest BCUT2D eigenvalue weighted by atomic mass is 9.75. The molecule has 1 N–H and O–H groups in total. The van der Waals surface area contributed by atoms with Gasteiger partial charge in [0.2, 0.25) is 5.91 Å². The zero-order chi connectivity index (χ0) is 27.9. The van der Waals surface area contributed by atoms with E-state index in [1.165, 1.54) is 21.7 Å². The first kappa shape index (κ1) is 28.7. The van der Waals surface area contributed by atoms with E-state index >= 15 is 0 Å². The summed E-state index contributed by atoms with van der Waals surface area (Å²) in [5.41, 5.74) is -0.395. The summed E-state index contributed by atoms with van der Waals surface area (Å²) in [4.78, 5) is 43.8. The molecule has 4 heterocycles. The van der Waals surface area contributed by atoms with Crippen molar-refractivity contribution >= 4 is 27.9 Å². The van der Waals surface area contributed by atoms with E-state index in [2.05, 4.69) is 4.98 Å². The molecular weight excluding hydrogens is 521 g/mol. The largest absolute Gasteiger partial charge is 0.490 e. The van der Waals surface area contributed by atoms with E-state index in [9.17, 15) is 31.2 Å². The third-order valence-corrected chi connectivity index (χ3v) is 9.00. The van der Waals surface area contributed by atoms with Crippen molar-refractivity contribution in [2.45, 2.75) is 36.5 Å². The normalized spacial score (nSPS) is 23.6. The average molecular weight is 553 g/mol. The number of likely N-dealkylation sites (tertiary alicyclic amines) is 2. The fourth-order valence-corrected chi connectivity index (χ4v) is 6.94. The fourth-order valence-electron chi connectivity index (χ4n) is 5.54. The van der Waals surface area contributed by atoms with Gasteiger partial charge in [0.25, 0.3) is 10.0 Å². The number of carbonyl (C=O) groups is 3. The maximum Gasteiger partial charge on any atom is 0.490 e. The van der Waals surface area contributed by atoms with Gasteiger partial charge in [0.15, 0.2) is 5.03 Å². The van der Waals surface area contributed by atoms with Gasteiger partial charge in [-0.15, -0.1) is 0 Å². The van der Waals surface area contributed by atoms with Gasteiger partial charge in [0.1, 0.15) is 0 Å². The van der Waals surface area contributed by atoms with Crippen LogP contribution in [-0.2, 0) is 26.7 Å². The van der Waals surface area contributed by atoms with E-state index in [1.54, 1.807) is 30.6 Å². The molecule has 12 nitrogen and oxygen atoms in total. The molecular formula is C21H31F3N6O6S. The van der Waals surface area contributed by atoms with Crippen molar-refractivity contribution in [1.82, 2.24) is 28.6 Å². The van der Waals surface area contributed by atoms with Crippen LogP contribution in [0.4, 0.5) is 18.0 Å². The molecule has 1 aromatic rings. The van der Waals surface area contributed by atoms with Gasteiger partial charge in [0, 0.05) is 66.0 Å². The summed E-state index contributed by atoms with van der Waals surface area (Å²) in [6.07, 6.45) is -0.950. The number of sulfonamides is 1. The molecule has 3 fully saturated rings. The molecule has 3 aliphatic heterocycles. The lowest BCUT2D eigenvalue weighted by Crippen LogP contribution is -2.58. The van der Waals surface area contributed by atoms with Gasteiger partial charge in [-0.2, -0.15) is 17.5 Å². The van der Waals surface area contributed by atoms with E-state index < -0.39 is 27.7 Å². The summed E-state index contributed by atoms with van der Waals surface area (Å²) in [5.74, 6) is -2.83. The van der Waals surface area contributed by atoms with Crippen LogP contribution in [0.15, 0.2) is 17.6 Å². The lowest BCUT2D eigenvalue weighted by Gasteiger charge is -2.47. The third-order valence-electron chi connectivity index (χ3n) is 7.22. The monoisotopic (exact) mass is 552 g/mol. The smallest absolute Gasteiger partial charge is 0.475 e. The Balaban J connectivity index is 0.000000479. The van der Waals surface area contributed by atoms with Crippen LogP contribution in [0.1, 0.15) is 19.8 Å². The number of hydrogen-bond donors (Lipinski definition) is 1. The number of piperidine rings is 1. The van der Waals surface area contributed by atoms with Crippen LogP contribution in [-0.4, -0.2) is 119 Å². The Morgan fingerprint density at radius 2 is 1.78 bits per heavy atom. The van der Waals surface area contributed by atoms with Crippen molar-refractivity contribution in [2.75, 3.05) is 46.8 Å². The minimum Gasteiger partial charge on any atom is -0.475 e. The summed E-state index contributed by atoms with van der Waals surface area (Å²) in [7, 11) is 1.51. The topological polar surface area (TPSA) is 136 Å². The van der Waals surface area contributed by atoms with E-state index in [-0.39, 0.29) is 28.8 Å². The zero-order valence-electron chi connectivity index (χ0n) is 21.0. The van der Waals surface area contributed by atoms with Crippen LogP contribution in [0.3, 0.4) is 0 Å². The predicted octanol–water partition coefficient (Wildman–Crippen LogP) is 0.668. The minimum absolute atomic E-state index is 0.0357. The molecule has 0 aromatic carbocycles. The van der Waals surface area contributed by atoms with Crippen molar-refractivity contribution in [1.29, 1.82) is 0 Å². The summed E-state index contributed by atoms with van der Waals surface area (Å²) >= 11 is 0. The average Bonchev–Trinajstić information content (AvgIpc) is 3.50. The summed E-state index contributed by atoms with van der Waals surface area (Å²) in [6.45, 7) is 4.23. The van der Waals surface area contributed by atoms with Crippen LogP contribution >= 0.6 is 0 Å². The zero-order valence-corrected chi connectivity index (χ0v) is 21.8. The number of imidazole rings is 1. The van der Waals surface area contributed by atoms with E-state index in [4.69, 9.17) is 9.90 Å². The van der Waals surface area contributed by atoms with Gasteiger partial charge in [0.05, 0.1) is 17.8 Å². The Labute approximate surface area is 212 Å². The molecule has 1 aromatic heterocycles. The van der Waals surface area contributed by atoms with Gasteiger partial charge in [-0.3, -0.25) is 4.79 Å². The van der Waals surface area contributed by atoms with Crippen molar-refractivity contribution in [3.8, 4) is 0 Å². The molecule has 0 saturated carbocycles. The minimum atomic E-state index is -5.08. The number of alkyl halides is 3. The number of aromatic nitrogens is 2. The Kier molecular flexibility index (Phi) is 7.84. The van der Waals surface area contributed by atoms with Crippen molar-refractivity contribution in [3.63, 3.8) is 0 Å². The molecule has 4 rings (SSSR count). The Morgan fingerprint density at radius 1 is 1.22 bits per heavy atom. The van der Waals surface area contributed by atoms with Crippen LogP contribution in [0.25, 0.3) is 0 Å². The summed E-state index contributed by atoms with van der Waals surface area (Å²) in [6, 6.07) is -0.0782. The molecule has 16 heteroatoms. The number of nitrogens with zero attached hydrogens (tertiary/aromatic N) is 6. The van der Waals surface area contributed by atoms with Gasteiger partial charge < -0.3 is 24.4 Å². The number of rotatable bonds is 3. The molecule has 3 amide bonds. The van der Waals surface area contributed by atoms with Crippen molar-refractivity contribution < 1.29 is 41.1 Å². The van der Waals surface area contributed by atoms with Crippen molar-refractivity contribution in [3.05, 3.63) is 12.5 Å². The van der Waals surface area contributed by atoms with Crippen LogP contribution in [0, 0.1) is 11.8 Å². The van der Waals surface area contributed by atoms with Gasteiger partial charge >= 0.3 is 18.2 Å². The summed E-state index contributed by atoms with van der Waals surface area (Å²) in [5, 5.41) is 7.18. The van der Waals surface area contributed by atoms with Gasteiger partial charge in [-0.1, -0.05) is 0 Å². The second kappa shape index (κ2) is 10.1. The Hall–Kier alpha value is -2.88. The predicted molar refractivity (Wildman–Crippen MR) is 123 cm³/mol.